The summed E-state index contributed by atoms with van der Waals surface area (Å²) in [5.41, 5.74) is 1.88. The van der Waals surface area contributed by atoms with Crippen molar-refractivity contribution in [2.24, 2.45) is 15.4 Å². The summed E-state index contributed by atoms with van der Waals surface area (Å²) >= 11 is 0. The van der Waals surface area contributed by atoms with Crippen LogP contribution in [0.25, 0.3) is 0 Å². The van der Waals surface area contributed by atoms with Crippen LogP contribution in [-0.4, -0.2) is 25.0 Å². The zero-order valence-electron chi connectivity index (χ0n) is 15.3. The van der Waals surface area contributed by atoms with E-state index in [1.807, 2.05) is 36.4 Å². The normalized spacial score (nSPS) is 21.9. The second-order valence-electron chi connectivity index (χ2n) is 6.97. The quantitative estimate of drug-likeness (QED) is 0.717. The molecule has 4 nitrogen and oxygen atoms in total. The molecule has 2 heterocycles. The van der Waals surface area contributed by atoms with Crippen molar-refractivity contribution >= 4 is 11.8 Å². The summed E-state index contributed by atoms with van der Waals surface area (Å²) in [7, 11) is 0. The van der Waals surface area contributed by atoms with Gasteiger partial charge in [-0.2, -0.15) is 0 Å². The van der Waals surface area contributed by atoms with E-state index in [1.165, 1.54) is 11.1 Å². The minimum atomic E-state index is -0.465. The zero-order valence-corrected chi connectivity index (χ0v) is 18.2. The topological polar surface area (TPSA) is 43.2 Å². The molecule has 2 aliphatic rings. The van der Waals surface area contributed by atoms with Crippen LogP contribution in [0.1, 0.15) is 37.1 Å². The molecule has 0 saturated carbocycles. The zero-order chi connectivity index (χ0) is 17.3. The van der Waals surface area contributed by atoms with Crippen LogP contribution in [0.3, 0.4) is 0 Å². The molecule has 2 atom stereocenters. The van der Waals surface area contributed by atoms with Gasteiger partial charge in [0.15, 0.2) is 11.8 Å². The summed E-state index contributed by atoms with van der Waals surface area (Å²) in [4.78, 5) is 9.61. The van der Waals surface area contributed by atoms with Crippen molar-refractivity contribution < 1.29 is 29.0 Å². The Morgan fingerprint density at radius 1 is 0.731 bits per heavy atom. The maximum atomic E-state index is 5.93. The van der Waals surface area contributed by atoms with E-state index in [-0.39, 0.29) is 31.6 Å². The number of ether oxygens (including phenoxy) is 2. The molecule has 0 fully saturated rings. The second kappa shape index (κ2) is 7.71. The summed E-state index contributed by atoms with van der Waals surface area (Å²) in [5, 5.41) is 0. The molecule has 0 bridgehead atoms. The molecule has 0 aliphatic carbocycles. The standard InChI is InChI=1S/C21H22N2O2.Zn/c1-21(2,19-22-17(13-24-19)15-9-5-3-6-10-15)20-23-18(14-25-20)16-11-7-4-8-12-16;/h3-12,17-18H,13-14H2,1-2H3;. The van der Waals surface area contributed by atoms with Gasteiger partial charge in [0.25, 0.3) is 0 Å². The van der Waals surface area contributed by atoms with Gasteiger partial charge in [-0.1, -0.05) is 60.7 Å². The molecule has 2 unspecified atom stereocenters. The molecule has 2 aliphatic heterocycles. The third-order valence-corrected chi connectivity index (χ3v) is 4.74. The maximum Gasteiger partial charge on any atom is 0.199 e. The van der Waals surface area contributed by atoms with Crippen LogP contribution in [0.5, 0.6) is 0 Å². The van der Waals surface area contributed by atoms with Crippen molar-refractivity contribution in [2.45, 2.75) is 25.9 Å². The Morgan fingerprint density at radius 3 is 1.50 bits per heavy atom. The fourth-order valence-electron chi connectivity index (χ4n) is 3.21. The molecule has 26 heavy (non-hydrogen) atoms. The molecule has 0 amide bonds. The molecular weight excluding hydrogens is 378 g/mol. The Kier molecular flexibility index (Phi) is 5.57. The molecule has 0 saturated heterocycles. The summed E-state index contributed by atoms with van der Waals surface area (Å²) in [5.74, 6) is 1.41. The molecule has 2 aromatic rings. The van der Waals surface area contributed by atoms with E-state index < -0.39 is 5.41 Å². The van der Waals surface area contributed by atoms with Gasteiger partial charge >= 0.3 is 0 Å². The Morgan fingerprint density at radius 2 is 1.12 bits per heavy atom. The molecule has 130 valence electrons. The van der Waals surface area contributed by atoms with Crippen molar-refractivity contribution in [1.29, 1.82) is 0 Å². The first-order valence-electron chi connectivity index (χ1n) is 8.66. The fraction of sp³-hybridized carbons (Fsp3) is 0.333. The van der Waals surface area contributed by atoms with Crippen LogP contribution in [0, 0.1) is 5.41 Å². The van der Waals surface area contributed by atoms with Gasteiger partial charge in [-0.25, -0.2) is 9.98 Å². The van der Waals surface area contributed by atoms with Crippen LogP contribution in [0.4, 0.5) is 0 Å². The van der Waals surface area contributed by atoms with Crippen molar-refractivity contribution in [2.75, 3.05) is 13.2 Å². The van der Waals surface area contributed by atoms with E-state index in [4.69, 9.17) is 19.5 Å². The van der Waals surface area contributed by atoms with E-state index in [9.17, 15) is 0 Å². The van der Waals surface area contributed by atoms with Gasteiger partial charge in [0.1, 0.15) is 30.7 Å². The van der Waals surface area contributed by atoms with Crippen LogP contribution in [0.2, 0.25) is 0 Å². The van der Waals surface area contributed by atoms with Gasteiger partial charge in [-0.3, -0.25) is 0 Å². The Labute approximate surface area is 167 Å². The Hall–Kier alpha value is -2.00. The van der Waals surface area contributed by atoms with E-state index in [0.29, 0.717) is 25.0 Å². The number of hydrogen-bond donors (Lipinski definition) is 0. The molecule has 0 radical (unpaired) electrons. The molecule has 0 aromatic heterocycles. The third kappa shape index (κ3) is 3.59. The van der Waals surface area contributed by atoms with Crippen LogP contribution in [0.15, 0.2) is 70.6 Å². The van der Waals surface area contributed by atoms with Gasteiger partial charge in [-0.05, 0) is 25.0 Å². The smallest absolute Gasteiger partial charge is 0.199 e. The van der Waals surface area contributed by atoms with Crippen LogP contribution >= 0.6 is 0 Å². The van der Waals surface area contributed by atoms with Crippen molar-refractivity contribution in [3.8, 4) is 0 Å². The van der Waals surface area contributed by atoms with Gasteiger partial charge < -0.3 is 9.47 Å². The van der Waals surface area contributed by atoms with Crippen molar-refractivity contribution in [3.63, 3.8) is 0 Å². The molecule has 0 spiro atoms. The van der Waals surface area contributed by atoms with Crippen LogP contribution < -0.4 is 0 Å². The maximum absolute atomic E-state index is 5.93. The van der Waals surface area contributed by atoms with Gasteiger partial charge in [0.05, 0.1) is 0 Å². The average molecular weight is 400 g/mol. The van der Waals surface area contributed by atoms with E-state index >= 15 is 0 Å². The fourth-order valence-corrected chi connectivity index (χ4v) is 3.21. The molecule has 4 rings (SSSR count). The molecule has 2 aromatic carbocycles. The van der Waals surface area contributed by atoms with Crippen molar-refractivity contribution in [3.05, 3.63) is 71.8 Å². The first-order chi connectivity index (χ1) is 12.1. The molecule has 0 N–H and O–H groups in total. The second-order valence-corrected chi connectivity index (χ2v) is 6.97. The van der Waals surface area contributed by atoms with Gasteiger partial charge in [0.2, 0.25) is 0 Å². The summed E-state index contributed by atoms with van der Waals surface area (Å²) < 4.78 is 11.9. The number of hydrogen-bond acceptors (Lipinski definition) is 4. The predicted molar refractivity (Wildman–Crippen MR) is 98.9 cm³/mol. The summed E-state index contributed by atoms with van der Waals surface area (Å²) in [6.45, 7) is 5.26. The largest absolute Gasteiger partial charge is 0.478 e. The first kappa shape index (κ1) is 18.8. The Bertz CT molecular complexity index is 736. The molecule has 5 heteroatoms. The van der Waals surface area contributed by atoms with Gasteiger partial charge in [0, 0.05) is 19.5 Å². The summed E-state index contributed by atoms with van der Waals surface area (Å²) in [6, 6.07) is 20.6. The number of aliphatic imine (C=N–C) groups is 2. The average Bonchev–Trinajstić information content (AvgIpc) is 3.34. The number of nitrogens with zero attached hydrogens (tertiary/aromatic N) is 2. The van der Waals surface area contributed by atoms with E-state index in [0.717, 1.165) is 0 Å². The first-order valence-corrected chi connectivity index (χ1v) is 8.66. The SMILES string of the molecule is CC(C)(C1=NC(c2ccccc2)CO1)C1=NC(c2ccccc2)CO1.[Zn]. The van der Waals surface area contributed by atoms with E-state index in [1.54, 1.807) is 0 Å². The number of benzene rings is 2. The number of rotatable bonds is 4. The van der Waals surface area contributed by atoms with Gasteiger partial charge in [-0.15, -0.1) is 0 Å². The summed E-state index contributed by atoms with van der Waals surface area (Å²) in [6.07, 6.45) is 0. The predicted octanol–water partition coefficient (Wildman–Crippen LogP) is 4.35. The van der Waals surface area contributed by atoms with E-state index in [2.05, 4.69) is 38.1 Å². The minimum absolute atomic E-state index is 0. The van der Waals surface area contributed by atoms with Crippen molar-refractivity contribution in [1.82, 2.24) is 0 Å². The minimum Gasteiger partial charge on any atom is -0.478 e. The van der Waals surface area contributed by atoms with Crippen LogP contribution in [-0.2, 0) is 29.0 Å². The Balaban J connectivity index is 0.00000196. The monoisotopic (exact) mass is 398 g/mol. The third-order valence-electron chi connectivity index (χ3n) is 4.74. The molecular formula is C21H22N2O2Zn.